The van der Waals surface area contributed by atoms with Gasteiger partial charge >= 0.3 is 5.82 Å². The molecule has 1 aliphatic rings. The molecule has 0 spiro atoms. The van der Waals surface area contributed by atoms with Crippen molar-refractivity contribution in [2.24, 2.45) is 0 Å². The van der Waals surface area contributed by atoms with Crippen LogP contribution in [0.15, 0.2) is 12.5 Å². The zero-order valence-corrected chi connectivity index (χ0v) is 11.8. The number of carbonyl (C=O) groups excluding carboxylic acids is 1. The third-order valence-corrected chi connectivity index (χ3v) is 3.78. The molecule has 8 nitrogen and oxygen atoms in total. The Kier molecular flexibility index (Phi) is 5.26. The van der Waals surface area contributed by atoms with Gasteiger partial charge in [0, 0.05) is 32.2 Å². The molecular weight excluding hydrogens is 276 g/mol. The smallest absolute Gasteiger partial charge is 0.381 e. The Labute approximate surface area is 122 Å². The molecule has 1 heterocycles. The zero-order valence-electron chi connectivity index (χ0n) is 11.8. The van der Waals surface area contributed by atoms with Gasteiger partial charge in [-0.15, -0.1) is 0 Å². The number of amides is 1. The second kappa shape index (κ2) is 7.16. The van der Waals surface area contributed by atoms with Crippen molar-refractivity contribution in [2.45, 2.75) is 44.7 Å². The van der Waals surface area contributed by atoms with Gasteiger partial charge in [0.25, 0.3) is 0 Å². The van der Waals surface area contributed by atoms with E-state index in [0.29, 0.717) is 25.6 Å². The summed E-state index contributed by atoms with van der Waals surface area (Å²) in [6.45, 7) is 1.02. The monoisotopic (exact) mass is 296 g/mol. The van der Waals surface area contributed by atoms with Gasteiger partial charge in [-0.3, -0.25) is 4.79 Å². The molecule has 2 rings (SSSR count). The summed E-state index contributed by atoms with van der Waals surface area (Å²) in [5.41, 5.74) is 0. The first kappa shape index (κ1) is 15.4. The topological polar surface area (TPSA) is 102 Å². The maximum atomic E-state index is 12.3. The van der Waals surface area contributed by atoms with Gasteiger partial charge in [0.05, 0.1) is 0 Å². The second-order valence-corrected chi connectivity index (χ2v) is 5.23. The lowest BCUT2D eigenvalue weighted by Gasteiger charge is -2.37. The van der Waals surface area contributed by atoms with Crippen LogP contribution < -0.4 is 0 Å². The fraction of sp³-hybridized carbons (Fsp3) is 0.692. The summed E-state index contributed by atoms with van der Waals surface area (Å²) in [5.74, 6) is -0.178. The highest BCUT2D eigenvalue weighted by molar-refractivity contribution is 5.76. The maximum Gasteiger partial charge on any atom is 0.381 e. The highest BCUT2D eigenvalue weighted by Crippen LogP contribution is 2.25. The number of hydrogen-bond acceptors (Lipinski definition) is 5. The van der Waals surface area contributed by atoms with Crippen molar-refractivity contribution in [3.05, 3.63) is 22.6 Å². The van der Waals surface area contributed by atoms with Crippen molar-refractivity contribution < 1.29 is 14.8 Å². The van der Waals surface area contributed by atoms with Crippen LogP contribution in [0.5, 0.6) is 0 Å². The molecule has 0 saturated heterocycles. The molecule has 0 unspecified atom stereocenters. The van der Waals surface area contributed by atoms with Crippen molar-refractivity contribution >= 4 is 11.7 Å². The van der Waals surface area contributed by atoms with Crippen molar-refractivity contribution in [3.8, 4) is 0 Å². The van der Waals surface area contributed by atoms with E-state index in [4.69, 9.17) is 5.11 Å². The van der Waals surface area contributed by atoms with Crippen LogP contribution >= 0.6 is 0 Å². The highest BCUT2D eigenvalue weighted by atomic mass is 16.6. The maximum absolute atomic E-state index is 12.3. The molecule has 8 heteroatoms. The molecule has 116 valence electrons. The average molecular weight is 296 g/mol. The SMILES string of the molecule is O=C(CCn1cnc([N+](=O)[O-])c1)N(CCCO)C1CCC1. The Bertz CT molecular complexity index is 498. The van der Waals surface area contributed by atoms with Gasteiger partial charge in [0.15, 0.2) is 0 Å². The summed E-state index contributed by atoms with van der Waals surface area (Å²) in [6.07, 6.45) is 6.75. The molecule has 0 aliphatic heterocycles. The number of hydrogen-bond donors (Lipinski definition) is 1. The number of nitro groups is 1. The van der Waals surface area contributed by atoms with E-state index in [2.05, 4.69) is 4.98 Å². The Balaban J connectivity index is 1.86. The number of imidazole rings is 1. The quantitative estimate of drug-likeness (QED) is 0.568. The molecule has 1 aromatic heterocycles. The van der Waals surface area contributed by atoms with Crippen LogP contribution in [-0.4, -0.2) is 49.6 Å². The van der Waals surface area contributed by atoms with E-state index in [1.165, 1.54) is 12.5 Å². The van der Waals surface area contributed by atoms with Gasteiger partial charge < -0.3 is 24.7 Å². The molecule has 1 amide bonds. The number of aryl methyl sites for hydroxylation is 1. The Morgan fingerprint density at radius 2 is 2.33 bits per heavy atom. The third-order valence-electron chi connectivity index (χ3n) is 3.78. The van der Waals surface area contributed by atoms with Crippen LogP contribution in [0.1, 0.15) is 32.1 Å². The first-order chi connectivity index (χ1) is 10.1. The predicted octanol–water partition coefficient (Wildman–Crippen LogP) is 0.945. The van der Waals surface area contributed by atoms with Crippen molar-refractivity contribution in [1.82, 2.24) is 14.5 Å². The van der Waals surface area contributed by atoms with Crippen LogP contribution in [0.25, 0.3) is 0 Å². The van der Waals surface area contributed by atoms with E-state index < -0.39 is 4.92 Å². The van der Waals surface area contributed by atoms with Gasteiger partial charge in [-0.05, 0) is 35.6 Å². The number of aliphatic hydroxyl groups excluding tert-OH is 1. The van der Waals surface area contributed by atoms with Crippen molar-refractivity contribution in [3.63, 3.8) is 0 Å². The third kappa shape index (κ3) is 4.01. The van der Waals surface area contributed by atoms with Crippen molar-refractivity contribution in [1.29, 1.82) is 0 Å². The molecule has 21 heavy (non-hydrogen) atoms. The van der Waals surface area contributed by atoms with Crippen LogP contribution in [-0.2, 0) is 11.3 Å². The van der Waals surface area contributed by atoms with E-state index in [1.807, 2.05) is 4.90 Å². The van der Waals surface area contributed by atoms with Crippen LogP contribution in [0.2, 0.25) is 0 Å². The molecule has 1 aliphatic carbocycles. The number of nitrogens with zero attached hydrogens (tertiary/aromatic N) is 4. The standard InChI is InChI=1S/C13H20N4O4/c18-8-2-6-16(11-3-1-4-11)13(19)5-7-15-9-12(14-10-15)17(20)21/h9-11,18H,1-8H2. The molecule has 0 aromatic carbocycles. The molecule has 0 bridgehead atoms. The van der Waals surface area contributed by atoms with Gasteiger partial charge in [0.1, 0.15) is 6.20 Å². The molecule has 1 aromatic rings. The van der Waals surface area contributed by atoms with Crippen LogP contribution in [0.4, 0.5) is 5.82 Å². The average Bonchev–Trinajstić information content (AvgIpc) is 2.87. The minimum Gasteiger partial charge on any atom is -0.396 e. The molecule has 1 saturated carbocycles. The summed E-state index contributed by atoms with van der Waals surface area (Å²) in [4.78, 5) is 27.8. The first-order valence-corrected chi connectivity index (χ1v) is 7.18. The number of aromatic nitrogens is 2. The van der Waals surface area contributed by atoms with Crippen molar-refractivity contribution in [2.75, 3.05) is 13.2 Å². The predicted molar refractivity (Wildman–Crippen MR) is 74.6 cm³/mol. The minimum atomic E-state index is -0.555. The molecular formula is C13H20N4O4. The Hall–Kier alpha value is -1.96. The summed E-state index contributed by atoms with van der Waals surface area (Å²) in [6, 6.07) is 0.293. The fourth-order valence-corrected chi connectivity index (χ4v) is 2.38. The van der Waals surface area contributed by atoms with Crippen LogP contribution in [0.3, 0.4) is 0 Å². The molecule has 0 atom stereocenters. The van der Waals surface area contributed by atoms with Crippen LogP contribution in [0, 0.1) is 10.1 Å². The number of aliphatic hydroxyl groups is 1. The van der Waals surface area contributed by atoms with Gasteiger partial charge in [-0.1, -0.05) is 0 Å². The van der Waals surface area contributed by atoms with E-state index in [9.17, 15) is 14.9 Å². The van der Waals surface area contributed by atoms with Gasteiger partial charge in [-0.2, -0.15) is 0 Å². The summed E-state index contributed by atoms with van der Waals surface area (Å²) in [5, 5.41) is 19.5. The number of rotatable bonds is 8. The Morgan fingerprint density at radius 3 is 2.86 bits per heavy atom. The van der Waals surface area contributed by atoms with E-state index in [0.717, 1.165) is 19.3 Å². The lowest BCUT2D eigenvalue weighted by Crippen LogP contribution is -2.45. The zero-order chi connectivity index (χ0) is 15.2. The first-order valence-electron chi connectivity index (χ1n) is 7.18. The minimum absolute atomic E-state index is 0.0319. The summed E-state index contributed by atoms with van der Waals surface area (Å²) >= 11 is 0. The van der Waals surface area contributed by atoms with E-state index in [1.54, 1.807) is 4.57 Å². The summed E-state index contributed by atoms with van der Waals surface area (Å²) < 4.78 is 1.56. The normalized spacial score (nSPS) is 14.7. The second-order valence-electron chi connectivity index (χ2n) is 5.23. The van der Waals surface area contributed by atoms with Gasteiger partial charge in [-0.25, -0.2) is 0 Å². The fourth-order valence-electron chi connectivity index (χ4n) is 2.38. The lowest BCUT2D eigenvalue weighted by molar-refractivity contribution is -0.389. The van der Waals surface area contributed by atoms with E-state index in [-0.39, 0.29) is 24.8 Å². The highest BCUT2D eigenvalue weighted by Gasteiger charge is 2.28. The number of carbonyl (C=O) groups is 1. The summed E-state index contributed by atoms with van der Waals surface area (Å²) in [7, 11) is 0. The molecule has 1 fully saturated rings. The molecule has 0 radical (unpaired) electrons. The van der Waals surface area contributed by atoms with Gasteiger partial charge in [0.2, 0.25) is 12.2 Å². The van der Waals surface area contributed by atoms with E-state index >= 15 is 0 Å². The lowest BCUT2D eigenvalue weighted by atomic mass is 9.91. The largest absolute Gasteiger partial charge is 0.396 e. The Morgan fingerprint density at radius 1 is 1.57 bits per heavy atom. The molecule has 1 N–H and O–H groups in total.